The number of carbonyl (C=O) groups is 1. The van der Waals surface area contributed by atoms with Gasteiger partial charge in [-0.25, -0.2) is 0 Å². The molecule has 1 N–H and O–H groups in total. The van der Waals surface area contributed by atoms with Crippen molar-refractivity contribution in [3.05, 3.63) is 11.6 Å². The summed E-state index contributed by atoms with van der Waals surface area (Å²) in [4.78, 5) is 11.1. The fourth-order valence-corrected chi connectivity index (χ4v) is 3.58. The zero-order valence-electron chi connectivity index (χ0n) is 11.9. The van der Waals surface area contributed by atoms with Crippen molar-refractivity contribution >= 4 is 5.97 Å². The first kappa shape index (κ1) is 13.6. The zero-order valence-corrected chi connectivity index (χ0v) is 11.9. The maximum absolute atomic E-state index is 11.1. The van der Waals surface area contributed by atoms with Crippen LogP contribution in [0.25, 0.3) is 0 Å². The van der Waals surface area contributed by atoms with E-state index in [0.29, 0.717) is 13.0 Å². The minimum absolute atomic E-state index is 0.271. The second kappa shape index (κ2) is 5.94. The van der Waals surface area contributed by atoms with E-state index in [1.807, 2.05) is 0 Å². The predicted molar refractivity (Wildman–Crippen MR) is 74.4 cm³/mol. The quantitative estimate of drug-likeness (QED) is 0.917. The molecule has 5 heteroatoms. The summed E-state index contributed by atoms with van der Waals surface area (Å²) < 4.78 is 2.06. The highest BCUT2D eigenvalue weighted by Gasteiger charge is 2.27. The standard InChI is InChI=1S/C15H23N3O2/c19-15(20)12-7-9-14-17-16-13(18(14)10-12)8-6-11-4-2-1-3-5-11/h11-12H,1-10H2,(H,19,20). The number of aromatic nitrogens is 3. The van der Waals surface area contributed by atoms with Crippen LogP contribution in [-0.2, 0) is 24.2 Å². The van der Waals surface area contributed by atoms with E-state index in [0.717, 1.165) is 30.4 Å². The summed E-state index contributed by atoms with van der Waals surface area (Å²) in [6.45, 7) is 0.553. The maximum Gasteiger partial charge on any atom is 0.308 e. The van der Waals surface area contributed by atoms with Crippen LogP contribution in [-0.4, -0.2) is 25.8 Å². The Bertz CT molecular complexity index is 477. The highest BCUT2D eigenvalue weighted by Crippen LogP contribution is 2.28. The van der Waals surface area contributed by atoms with Crippen LogP contribution in [0.15, 0.2) is 0 Å². The fraction of sp³-hybridized carbons (Fsp3) is 0.800. The molecular weight excluding hydrogens is 254 g/mol. The summed E-state index contributed by atoms with van der Waals surface area (Å²) >= 11 is 0. The molecule has 0 bridgehead atoms. The lowest BCUT2D eigenvalue weighted by molar-refractivity contribution is -0.142. The van der Waals surface area contributed by atoms with Crippen molar-refractivity contribution in [1.82, 2.24) is 14.8 Å². The van der Waals surface area contributed by atoms with Gasteiger partial charge in [0.05, 0.1) is 5.92 Å². The number of hydrogen-bond donors (Lipinski definition) is 1. The minimum Gasteiger partial charge on any atom is -0.481 e. The van der Waals surface area contributed by atoms with E-state index in [2.05, 4.69) is 14.8 Å². The Morgan fingerprint density at radius 3 is 2.75 bits per heavy atom. The van der Waals surface area contributed by atoms with Gasteiger partial charge in [0.1, 0.15) is 11.6 Å². The molecule has 110 valence electrons. The number of carboxylic acid groups (broad SMARTS) is 1. The van der Waals surface area contributed by atoms with Crippen LogP contribution in [0.4, 0.5) is 0 Å². The van der Waals surface area contributed by atoms with E-state index in [4.69, 9.17) is 0 Å². The monoisotopic (exact) mass is 277 g/mol. The Hall–Kier alpha value is -1.39. The lowest BCUT2D eigenvalue weighted by atomic mass is 9.86. The Labute approximate surface area is 119 Å². The van der Waals surface area contributed by atoms with Crippen molar-refractivity contribution in [3.63, 3.8) is 0 Å². The van der Waals surface area contributed by atoms with Crippen molar-refractivity contribution in [2.75, 3.05) is 0 Å². The van der Waals surface area contributed by atoms with E-state index in [9.17, 15) is 9.90 Å². The van der Waals surface area contributed by atoms with Crippen molar-refractivity contribution in [2.45, 2.75) is 64.3 Å². The van der Waals surface area contributed by atoms with Crippen LogP contribution in [0.5, 0.6) is 0 Å². The second-order valence-electron chi connectivity index (χ2n) is 6.26. The molecule has 0 amide bonds. The molecule has 2 heterocycles. The molecule has 0 saturated heterocycles. The average Bonchev–Trinajstić information content (AvgIpc) is 2.88. The van der Waals surface area contributed by atoms with Gasteiger partial charge in [-0.2, -0.15) is 0 Å². The maximum atomic E-state index is 11.1. The van der Waals surface area contributed by atoms with Crippen LogP contribution in [0.2, 0.25) is 0 Å². The Morgan fingerprint density at radius 1 is 1.20 bits per heavy atom. The molecule has 0 aromatic carbocycles. The summed E-state index contributed by atoms with van der Waals surface area (Å²) in [6.07, 6.45) is 10.4. The average molecular weight is 277 g/mol. The lowest BCUT2D eigenvalue weighted by Crippen LogP contribution is -2.27. The number of carboxylic acids is 1. The number of aliphatic carboxylic acids is 1. The molecule has 20 heavy (non-hydrogen) atoms. The summed E-state index contributed by atoms with van der Waals surface area (Å²) in [5, 5.41) is 17.7. The number of hydrogen-bond acceptors (Lipinski definition) is 3. The lowest BCUT2D eigenvalue weighted by Gasteiger charge is -2.23. The van der Waals surface area contributed by atoms with Gasteiger partial charge >= 0.3 is 5.97 Å². The van der Waals surface area contributed by atoms with Crippen molar-refractivity contribution in [3.8, 4) is 0 Å². The van der Waals surface area contributed by atoms with Crippen molar-refractivity contribution < 1.29 is 9.90 Å². The molecule has 1 aromatic heterocycles. The molecule has 0 radical (unpaired) electrons. The number of rotatable bonds is 4. The third-order valence-corrected chi connectivity index (χ3v) is 4.87. The molecule has 1 aliphatic carbocycles. The molecule has 1 fully saturated rings. The van der Waals surface area contributed by atoms with E-state index in [1.54, 1.807) is 0 Å². The van der Waals surface area contributed by atoms with Gasteiger partial charge in [-0.3, -0.25) is 4.79 Å². The number of aryl methyl sites for hydroxylation is 2. The van der Waals surface area contributed by atoms with Gasteiger partial charge in [0.25, 0.3) is 0 Å². The topological polar surface area (TPSA) is 68.0 Å². The SMILES string of the molecule is O=C(O)C1CCc2nnc(CCC3CCCCC3)n2C1. The van der Waals surface area contributed by atoms with Crippen molar-refractivity contribution in [1.29, 1.82) is 0 Å². The van der Waals surface area contributed by atoms with Gasteiger partial charge in [-0.1, -0.05) is 32.1 Å². The summed E-state index contributed by atoms with van der Waals surface area (Å²) in [6, 6.07) is 0. The van der Waals surface area contributed by atoms with Crippen LogP contribution in [0.1, 0.15) is 56.6 Å². The third-order valence-electron chi connectivity index (χ3n) is 4.87. The molecule has 5 nitrogen and oxygen atoms in total. The van der Waals surface area contributed by atoms with Crippen LogP contribution >= 0.6 is 0 Å². The summed E-state index contributed by atoms with van der Waals surface area (Å²) in [5.41, 5.74) is 0. The first-order valence-corrected chi connectivity index (χ1v) is 7.88. The van der Waals surface area contributed by atoms with E-state index in [1.165, 1.54) is 38.5 Å². The minimum atomic E-state index is -0.692. The smallest absolute Gasteiger partial charge is 0.308 e. The molecule has 2 aliphatic rings. The van der Waals surface area contributed by atoms with Gasteiger partial charge in [0, 0.05) is 19.4 Å². The number of fused-ring (bicyclic) bond motifs is 1. The molecule has 3 rings (SSSR count). The zero-order chi connectivity index (χ0) is 13.9. The third kappa shape index (κ3) is 2.86. The Kier molecular flexibility index (Phi) is 4.03. The molecule has 0 spiro atoms. The van der Waals surface area contributed by atoms with Crippen LogP contribution < -0.4 is 0 Å². The first-order valence-electron chi connectivity index (χ1n) is 7.88. The number of nitrogens with zero attached hydrogens (tertiary/aromatic N) is 3. The molecule has 1 aliphatic heterocycles. The molecule has 1 atom stereocenters. The van der Waals surface area contributed by atoms with E-state index in [-0.39, 0.29) is 5.92 Å². The van der Waals surface area contributed by atoms with Crippen molar-refractivity contribution in [2.24, 2.45) is 11.8 Å². The Morgan fingerprint density at radius 2 is 2.00 bits per heavy atom. The molecular formula is C15H23N3O2. The largest absolute Gasteiger partial charge is 0.481 e. The highest BCUT2D eigenvalue weighted by molar-refractivity contribution is 5.70. The normalized spacial score (nSPS) is 23.5. The van der Waals surface area contributed by atoms with Gasteiger partial charge in [0.15, 0.2) is 0 Å². The van der Waals surface area contributed by atoms with E-state index >= 15 is 0 Å². The molecule has 1 saturated carbocycles. The molecule has 1 unspecified atom stereocenters. The van der Waals surface area contributed by atoms with Crippen LogP contribution in [0, 0.1) is 11.8 Å². The highest BCUT2D eigenvalue weighted by atomic mass is 16.4. The fourth-order valence-electron chi connectivity index (χ4n) is 3.58. The summed E-state index contributed by atoms with van der Waals surface area (Å²) in [5.74, 6) is 1.84. The van der Waals surface area contributed by atoms with Gasteiger partial charge in [0.2, 0.25) is 0 Å². The first-order chi connectivity index (χ1) is 9.74. The van der Waals surface area contributed by atoms with Gasteiger partial charge < -0.3 is 9.67 Å². The van der Waals surface area contributed by atoms with Crippen LogP contribution in [0.3, 0.4) is 0 Å². The van der Waals surface area contributed by atoms with Gasteiger partial charge in [-0.05, 0) is 18.8 Å². The molecule has 1 aromatic rings. The Balaban J connectivity index is 1.63. The van der Waals surface area contributed by atoms with E-state index < -0.39 is 5.97 Å². The second-order valence-corrected chi connectivity index (χ2v) is 6.26. The predicted octanol–water partition coefficient (Wildman–Crippen LogP) is 2.44. The van der Waals surface area contributed by atoms with Gasteiger partial charge in [-0.15, -0.1) is 10.2 Å². The summed E-state index contributed by atoms with van der Waals surface area (Å²) in [7, 11) is 0.